The minimum absolute atomic E-state index is 0.137. The lowest BCUT2D eigenvalue weighted by molar-refractivity contribution is -0.173. The van der Waals surface area contributed by atoms with Crippen molar-refractivity contribution in [1.82, 2.24) is 15.1 Å². The quantitative estimate of drug-likeness (QED) is 0.410. The lowest BCUT2D eigenvalue weighted by atomic mass is 9.96. The van der Waals surface area contributed by atoms with Crippen LogP contribution in [0.25, 0.3) is 11.3 Å². The van der Waals surface area contributed by atoms with Crippen LogP contribution in [-0.4, -0.2) is 41.6 Å². The predicted octanol–water partition coefficient (Wildman–Crippen LogP) is 5.90. The second kappa shape index (κ2) is 9.60. The van der Waals surface area contributed by atoms with Crippen LogP contribution in [0.1, 0.15) is 55.2 Å². The highest BCUT2D eigenvalue weighted by Gasteiger charge is 2.46. The number of halogens is 4. The number of benzene rings is 2. The number of hydrogen-bond donors (Lipinski definition) is 2. The zero-order valence-corrected chi connectivity index (χ0v) is 21.0. The van der Waals surface area contributed by atoms with Gasteiger partial charge in [-0.1, -0.05) is 12.1 Å². The Morgan fingerprint density at radius 1 is 1.05 bits per heavy atom. The van der Waals surface area contributed by atoms with E-state index in [1.54, 1.807) is 39.0 Å². The molecule has 11 heteroatoms. The van der Waals surface area contributed by atoms with Gasteiger partial charge in [-0.15, -0.1) is 0 Å². The number of rotatable bonds is 5. The summed E-state index contributed by atoms with van der Waals surface area (Å²) in [4.78, 5) is 12.4. The van der Waals surface area contributed by atoms with Gasteiger partial charge in [0.15, 0.2) is 17.5 Å². The summed E-state index contributed by atoms with van der Waals surface area (Å²) < 4.78 is 68.5. The fourth-order valence-electron chi connectivity index (χ4n) is 4.27. The van der Waals surface area contributed by atoms with Gasteiger partial charge in [-0.05, 0) is 50.6 Å². The van der Waals surface area contributed by atoms with Gasteiger partial charge in [-0.2, -0.15) is 18.3 Å². The van der Waals surface area contributed by atoms with E-state index in [4.69, 9.17) is 9.47 Å². The standard InChI is InChI=1S/C26H28F4N4O3/c1-25(2,3)32-24(35)16-8-6-14(10-17(16)27)19-13-23-31-18(12-22(26(28,29)30)34(23)33-19)15-7-9-20(36-4)21(11-15)37-5/h6-11,13,18,22,31H,12H2,1-5H3,(H,32,35). The van der Waals surface area contributed by atoms with E-state index in [0.29, 0.717) is 17.1 Å². The first kappa shape index (κ1) is 26.3. The van der Waals surface area contributed by atoms with Crippen molar-refractivity contribution in [3.05, 3.63) is 59.4 Å². The van der Waals surface area contributed by atoms with Crippen molar-refractivity contribution >= 4 is 11.7 Å². The first-order valence-electron chi connectivity index (χ1n) is 11.6. The maximum absolute atomic E-state index is 14.8. The van der Waals surface area contributed by atoms with E-state index in [0.717, 1.165) is 10.7 Å². The number of fused-ring (bicyclic) bond motifs is 1. The third kappa shape index (κ3) is 5.50. The molecule has 4 rings (SSSR count). The van der Waals surface area contributed by atoms with E-state index in [2.05, 4.69) is 15.7 Å². The van der Waals surface area contributed by atoms with Gasteiger partial charge < -0.3 is 20.1 Å². The zero-order valence-electron chi connectivity index (χ0n) is 21.0. The van der Waals surface area contributed by atoms with E-state index in [1.165, 1.54) is 32.4 Å². The van der Waals surface area contributed by atoms with Crippen LogP contribution in [0, 0.1) is 5.82 Å². The second-order valence-corrected chi connectivity index (χ2v) is 9.86. The molecule has 7 nitrogen and oxygen atoms in total. The van der Waals surface area contributed by atoms with Gasteiger partial charge in [0.2, 0.25) is 0 Å². The molecule has 1 aliphatic rings. The van der Waals surface area contributed by atoms with Crippen LogP contribution in [0.5, 0.6) is 11.5 Å². The average Bonchev–Trinajstić information content (AvgIpc) is 3.25. The Labute approximate surface area is 211 Å². The Morgan fingerprint density at radius 2 is 1.76 bits per heavy atom. The number of carbonyl (C=O) groups is 1. The van der Waals surface area contributed by atoms with E-state index >= 15 is 0 Å². The van der Waals surface area contributed by atoms with Crippen molar-refractivity contribution in [3.8, 4) is 22.8 Å². The highest BCUT2D eigenvalue weighted by molar-refractivity contribution is 5.95. The van der Waals surface area contributed by atoms with E-state index in [1.807, 2.05) is 0 Å². The minimum atomic E-state index is -4.57. The van der Waals surface area contributed by atoms with Crippen molar-refractivity contribution in [2.75, 3.05) is 19.5 Å². The molecule has 198 valence electrons. The topological polar surface area (TPSA) is 77.4 Å². The molecule has 1 amide bonds. The molecule has 0 fully saturated rings. The molecule has 2 N–H and O–H groups in total. The molecule has 0 saturated heterocycles. The van der Waals surface area contributed by atoms with Crippen LogP contribution in [0.2, 0.25) is 0 Å². The molecule has 2 heterocycles. The number of aromatic nitrogens is 2. The first-order valence-corrected chi connectivity index (χ1v) is 11.6. The summed E-state index contributed by atoms with van der Waals surface area (Å²) in [5.74, 6) is -0.385. The molecule has 1 aromatic heterocycles. The number of anilines is 1. The highest BCUT2D eigenvalue weighted by atomic mass is 19.4. The predicted molar refractivity (Wildman–Crippen MR) is 130 cm³/mol. The van der Waals surface area contributed by atoms with Crippen molar-refractivity contribution in [2.45, 2.75) is 51.0 Å². The molecular weight excluding hydrogens is 492 g/mol. The molecule has 2 atom stereocenters. The molecular formula is C26H28F4N4O3. The van der Waals surface area contributed by atoms with Gasteiger partial charge in [0.05, 0.1) is 31.5 Å². The number of hydrogen-bond acceptors (Lipinski definition) is 5. The molecule has 3 aromatic rings. The largest absolute Gasteiger partial charge is 0.493 e. The van der Waals surface area contributed by atoms with E-state index in [-0.39, 0.29) is 29.1 Å². The summed E-state index contributed by atoms with van der Waals surface area (Å²) in [5.41, 5.74) is 0.250. The summed E-state index contributed by atoms with van der Waals surface area (Å²) in [6.07, 6.45) is -4.89. The van der Waals surface area contributed by atoms with Crippen molar-refractivity contribution in [1.29, 1.82) is 0 Å². The van der Waals surface area contributed by atoms with E-state index in [9.17, 15) is 22.4 Å². The molecule has 2 aromatic carbocycles. The van der Waals surface area contributed by atoms with Gasteiger partial charge in [-0.3, -0.25) is 4.79 Å². The number of amides is 1. The molecule has 2 unspecified atom stereocenters. The SMILES string of the molecule is COc1ccc(C2CC(C(F)(F)F)n3nc(-c4ccc(C(=O)NC(C)(C)C)c(F)c4)cc3N2)cc1OC. The lowest BCUT2D eigenvalue weighted by Gasteiger charge is -2.33. The third-order valence-corrected chi connectivity index (χ3v) is 6.00. The van der Waals surface area contributed by atoms with Crippen LogP contribution in [0.3, 0.4) is 0 Å². The average molecular weight is 521 g/mol. The summed E-state index contributed by atoms with van der Waals surface area (Å²) in [6, 6.07) is 7.64. The molecule has 37 heavy (non-hydrogen) atoms. The normalized spacial score (nSPS) is 17.5. The molecule has 1 aliphatic heterocycles. The number of methoxy groups -OCH3 is 2. The molecule has 0 radical (unpaired) electrons. The molecule has 0 aliphatic carbocycles. The number of alkyl halides is 3. The molecule has 0 spiro atoms. The van der Waals surface area contributed by atoms with Gasteiger partial charge in [0.25, 0.3) is 5.91 Å². The Kier molecular flexibility index (Phi) is 6.83. The second-order valence-electron chi connectivity index (χ2n) is 9.86. The summed E-state index contributed by atoms with van der Waals surface area (Å²) in [7, 11) is 2.93. The van der Waals surface area contributed by atoms with E-state index < -0.39 is 35.5 Å². The first-order chi connectivity index (χ1) is 17.3. The van der Waals surface area contributed by atoms with Gasteiger partial charge in [-0.25, -0.2) is 9.07 Å². The number of ether oxygens (including phenoxy) is 2. The highest BCUT2D eigenvalue weighted by Crippen LogP contribution is 2.45. The van der Waals surface area contributed by atoms with Crippen molar-refractivity contribution in [3.63, 3.8) is 0 Å². The Morgan fingerprint density at radius 3 is 2.35 bits per heavy atom. The summed E-state index contributed by atoms with van der Waals surface area (Å²) in [5, 5.41) is 9.95. The number of nitrogens with one attached hydrogen (secondary N) is 2. The number of carbonyl (C=O) groups excluding carboxylic acids is 1. The maximum Gasteiger partial charge on any atom is 0.410 e. The van der Waals surface area contributed by atoms with Crippen LogP contribution >= 0.6 is 0 Å². The fraction of sp³-hybridized carbons (Fsp3) is 0.385. The lowest BCUT2D eigenvalue weighted by Crippen LogP contribution is -2.40. The smallest absolute Gasteiger partial charge is 0.410 e. The van der Waals surface area contributed by atoms with Crippen LogP contribution in [0.4, 0.5) is 23.4 Å². The van der Waals surface area contributed by atoms with Crippen molar-refractivity contribution < 1.29 is 31.8 Å². The maximum atomic E-state index is 14.8. The van der Waals surface area contributed by atoms with Crippen LogP contribution in [0.15, 0.2) is 42.5 Å². The number of nitrogens with zero attached hydrogens (tertiary/aromatic N) is 2. The summed E-state index contributed by atoms with van der Waals surface area (Å²) >= 11 is 0. The molecule has 0 saturated carbocycles. The van der Waals surface area contributed by atoms with Gasteiger partial charge in [0, 0.05) is 23.6 Å². The minimum Gasteiger partial charge on any atom is -0.493 e. The Bertz CT molecular complexity index is 1310. The zero-order chi connectivity index (χ0) is 27.1. The van der Waals surface area contributed by atoms with Gasteiger partial charge in [0.1, 0.15) is 11.6 Å². The monoisotopic (exact) mass is 520 g/mol. The Balaban J connectivity index is 1.68. The van der Waals surface area contributed by atoms with Crippen LogP contribution < -0.4 is 20.1 Å². The Hall–Kier alpha value is -3.76. The fourth-order valence-corrected chi connectivity index (χ4v) is 4.27. The third-order valence-electron chi connectivity index (χ3n) is 6.00. The molecule has 0 bridgehead atoms. The van der Waals surface area contributed by atoms with Crippen LogP contribution in [-0.2, 0) is 0 Å². The van der Waals surface area contributed by atoms with Crippen molar-refractivity contribution in [2.24, 2.45) is 0 Å². The van der Waals surface area contributed by atoms with Gasteiger partial charge >= 0.3 is 6.18 Å². The summed E-state index contributed by atoms with van der Waals surface area (Å²) in [6.45, 7) is 5.31.